The predicted octanol–water partition coefficient (Wildman–Crippen LogP) is 0.384. The molecule has 0 aromatic carbocycles. The second kappa shape index (κ2) is 6.67. The highest BCUT2D eigenvalue weighted by Crippen LogP contribution is 2.14. The van der Waals surface area contributed by atoms with Gasteiger partial charge >= 0.3 is 5.97 Å². The number of hydrogen-bond acceptors (Lipinski definition) is 5. The molecule has 0 atom stereocenters. The third-order valence-corrected chi connectivity index (χ3v) is 4.20. The zero-order valence-electron chi connectivity index (χ0n) is 11.4. The Morgan fingerprint density at radius 3 is 2.63 bits per heavy atom. The van der Waals surface area contributed by atoms with Gasteiger partial charge in [-0.15, -0.1) is 0 Å². The van der Waals surface area contributed by atoms with Crippen molar-refractivity contribution >= 4 is 16.0 Å². The van der Waals surface area contributed by atoms with Crippen LogP contribution in [-0.4, -0.2) is 48.2 Å². The topological polar surface area (TPSA) is 81.5 Å². The second-order valence-electron chi connectivity index (χ2n) is 3.99. The summed E-state index contributed by atoms with van der Waals surface area (Å²) in [5.74, 6) is -0.552. The zero-order valence-corrected chi connectivity index (χ0v) is 12.2. The normalized spacial score (nSPS) is 11.8. The van der Waals surface area contributed by atoms with Crippen molar-refractivity contribution < 1.29 is 17.9 Å². The number of aryl methyl sites for hydroxylation is 1. The number of aromatic nitrogens is 2. The maximum absolute atomic E-state index is 12.3. The summed E-state index contributed by atoms with van der Waals surface area (Å²) >= 11 is 0. The monoisotopic (exact) mass is 289 g/mol. The molecule has 0 fully saturated rings. The van der Waals surface area contributed by atoms with Crippen LogP contribution in [0.2, 0.25) is 0 Å². The molecular formula is C11H19N3O4S. The first-order valence-corrected chi connectivity index (χ1v) is 7.50. The van der Waals surface area contributed by atoms with Crippen molar-refractivity contribution in [3.63, 3.8) is 0 Å². The van der Waals surface area contributed by atoms with Crippen LogP contribution in [0.3, 0.4) is 0 Å². The Hall–Kier alpha value is -1.41. The lowest BCUT2D eigenvalue weighted by atomic mass is 10.5. The van der Waals surface area contributed by atoms with Gasteiger partial charge in [0.15, 0.2) is 0 Å². The van der Waals surface area contributed by atoms with E-state index >= 15 is 0 Å². The van der Waals surface area contributed by atoms with Gasteiger partial charge in [-0.05, 0) is 13.3 Å². The Balaban J connectivity index is 2.94. The standard InChI is InChI=1S/C11H19N3O4S/c1-4-6-14(9-11(15)18-5-2)19(16,17)10-7-12-13(3)8-10/h7-8H,4-6,9H2,1-3H3. The summed E-state index contributed by atoms with van der Waals surface area (Å²) in [6, 6.07) is 0. The number of sulfonamides is 1. The van der Waals surface area contributed by atoms with E-state index in [1.54, 1.807) is 14.0 Å². The van der Waals surface area contributed by atoms with Gasteiger partial charge in [0.2, 0.25) is 10.0 Å². The van der Waals surface area contributed by atoms with Gasteiger partial charge in [-0.3, -0.25) is 9.48 Å². The minimum absolute atomic E-state index is 0.0766. The van der Waals surface area contributed by atoms with Crippen LogP contribution < -0.4 is 0 Å². The Bertz CT molecular complexity index is 524. The third-order valence-electron chi connectivity index (χ3n) is 2.40. The number of carbonyl (C=O) groups excluding carboxylic acids is 1. The largest absolute Gasteiger partial charge is 0.465 e. The smallest absolute Gasteiger partial charge is 0.321 e. The van der Waals surface area contributed by atoms with E-state index in [1.807, 2.05) is 6.92 Å². The molecule has 0 saturated heterocycles. The fourth-order valence-electron chi connectivity index (χ4n) is 1.57. The van der Waals surface area contributed by atoms with Crippen molar-refractivity contribution in [3.05, 3.63) is 12.4 Å². The molecule has 0 saturated carbocycles. The summed E-state index contributed by atoms with van der Waals surface area (Å²) < 4.78 is 32.0. The average Bonchev–Trinajstić information content (AvgIpc) is 2.76. The van der Waals surface area contributed by atoms with Crippen molar-refractivity contribution in [2.24, 2.45) is 7.05 Å². The lowest BCUT2D eigenvalue weighted by Crippen LogP contribution is -2.37. The fourth-order valence-corrected chi connectivity index (χ4v) is 3.03. The molecule has 1 aromatic heterocycles. The maximum atomic E-state index is 12.3. The third kappa shape index (κ3) is 4.03. The Morgan fingerprint density at radius 1 is 1.47 bits per heavy atom. The number of nitrogens with zero attached hydrogens (tertiary/aromatic N) is 3. The average molecular weight is 289 g/mol. The molecule has 0 radical (unpaired) electrons. The highest BCUT2D eigenvalue weighted by Gasteiger charge is 2.27. The molecule has 108 valence electrons. The van der Waals surface area contributed by atoms with Crippen LogP contribution in [0.5, 0.6) is 0 Å². The fraction of sp³-hybridized carbons (Fsp3) is 0.636. The van der Waals surface area contributed by atoms with E-state index in [4.69, 9.17) is 4.74 Å². The summed E-state index contributed by atoms with van der Waals surface area (Å²) in [5.41, 5.74) is 0. The Labute approximate surface area is 113 Å². The Kier molecular flexibility index (Phi) is 5.49. The SMILES string of the molecule is CCCN(CC(=O)OCC)S(=O)(=O)c1cnn(C)c1. The zero-order chi connectivity index (χ0) is 14.5. The van der Waals surface area contributed by atoms with Gasteiger partial charge in [0.25, 0.3) is 0 Å². The first-order valence-electron chi connectivity index (χ1n) is 6.06. The van der Waals surface area contributed by atoms with Crippen molar-refractivity contribution in [1.29, 1.82) is 0 Å². The van der Waals surface area contributed by atoms with Crippen LogP contribution in [0.4, 0.5) is 0 Å². The number of hydrogen-bond donors (Lipinski definition) is 0. The molecule has 0 unspecified atom stereocenters. The predicted molar refractivity (Wildman–Crippen MR) is 68.9 cm³/mol. The van der Waals surface area contributed by atoms with Crippen molar-refractivity contribution in [2.45, 2.75) is 25.2 Å². The Morgan fingerprint density at radius 2 is 2.16 bits per heavy atom. The lowest BCUT2D eigenvalue weighted by molar-refractivity contribution is -0.143. The van der Waals surface area contributed by atoms with E-state index < -0.39 is 16.0 Å². The van der Waals surface area contributed by atoms with Gasteiger partial charge in [0.05, 0.1) is 12.8 Å². The van der Waals surface area contributed by atoms with Gasteiger partial charge < -0.3 is 4.74 Å². The van der Waals surface area contributed by atoms with Gasteiger partial charge in [-0.2, -0.15) is 9.40 Å². The van der Waals surface area contributed by atoms with E-state index in [-0.39, 0.29) is 24.6 Å². The number of rotatable bonds is 7. The summed E-state index contributed by atoms with van der Waals surface area (Å²) in [4.78, 5) is 11.5. The molecular weight excluding hydrogens is 270 g/mol. The minimum atomic E-state index is -3.71. The lowest BCUT2D eigenvalue weighted by Gasteiger charge is -2.19. The molecule has 1 rings (SSSR count). The molecule has 1 aromatic rings. The van der Waals surface area contributed by atoms with Crippen LogP contribution in [0.15, 0.2) is 17.3 Å². The van der Waals surface area contributed by atoms with E-state index in [0.29, 0.717) is 6.42 Å². The van der Waals surface area contributed by atoms with E-state index in [1.165, 1.54) is 17.1 Å². The number of esters is 1. The van der Waals surface area contributed by atoms with Crippen LogP contribution in [0.1, 0.15) is 20.3 Å². The highest BCUT2D eigenvalue weighted by atomic mass is 32.2. The molecule has 19 heavy (non-hydrogen) atoms. The van der Waals surface area contributed by atoms with Crippen LogP contribution >= 0.6 is 0 Å². The quantitative estimate of drug-likeness (QED) is 0.678. The molecule has 0 aliphatic carbocycles. The van der Waals surface area contributed by atoms with Crippen molar-refractivity contribution in [2.75, 3.05) is 19.7 Å². The van der Waals surface area contributed by atoms with Gasteiger partial charge in [0.1, 0.15) is 11.4 Å². The van der Waals surface area contributed by atoms with Gasteiger partial charge in [-0.1, -0.05) is 6.92 Å². The molecule has 0 aliphatic rings. The van der Waals surface area contributed by atoms with Crippen molar-refractivity contribution in [3.8, 4) is 0 Å². The first kappa shape index (κ1) is 15.6. The van der Waals surface area contributed by atoms with Crippen LogP contribution in [0.25, 0.3) is 0 Å². The number of carbonyl (C=O) groups is 1. The summed E-state index contributed by atoms with van der Waals surface area (Å²) in [6.45, 7) is 3.73. The minimum Gasteiger partial charge on any atom is -0.465 e. The van der Waals surface area contributed by atoms with E-state index in [0.717, 1.165) is 4.31 Å². The maximum Gasteiger partial charge on any atom is 0.321 e. The van der Waals surface area contributed by atoms with E-state index in [9.17, 15) is 13.2 Å². The number of ether oxygens (including phenoxy) is 1. The second-order valence-corrected chi connectivity index (χ2v) is 5.93. The molecule has 0 bridgehead atoms. The highest BCUT2D eigenvalue weighted by molar-refractivity contribution is 7.89. The molecule has 0 aliphatic heterocycles. The molecule has 8 heteroatoms. The van der Waals surface area contributed by atoms with Crippen LogP contribution in [-0.2, 0) is 26.6 Å². The molecule has 1 heterocycles. The van der Waals surface area contributed by atoms with E-state index in [2.05, 4.69) is 5.10 Å². The summed E-state index contributed by atoms with van der Waals surface area (Å²) in [5, 5.41) is 3.84. The first-order chi connectivity index (χ1) is 8.91. The van der Waals surface area contributed by atoms with Crippen LogP contribution in [0, 0.1) is 0 Å². The van der Waals surface area contributed by atoms with Gasteiger partial charge in [0, 0.05) is 19.8 Å². The molecule has 0 amide bonds. The summed E-state index contributed by atoms with van der Waals surface area (Å²) in [6.07, 6.45) is 3.28. The van der Waals surface area contributed by atoms with Crippen molar-refractivity contribution in [1.82, 2.24) is 14.1 Å². The van der Waals surface area contributed by atoms with Gasteiger partial charge in [-0.25, -0.2) is 8.42 Å². The summed E-state index contributed by atoms with van der Waals surface area (Å²) in [7, 11) is -2.07. The molecule has 0 spiro atoms. The molecule has 0 N–H and O–H groups in total. The molecule has 7 nitrogen and oxygen atoms in total.